The molecule has 0 radical (unpaired) electrons. The number of ether oxygens (including phenoxy) is 1. The van der Waals surface area contributed by atoms with Gasteiger partial charge in [-0.1, -0.05) is 12.1 Å². The van der Waals surface area contributed by atoms with Gasteiger partial charge in [-0.2, -0.15) is 0 Å². The molecule has 0 heterocycles. The second kappa shape index (κ2) is 7.96. The van der Waals surface area contributed by atoms with Crippen LogP contribution >= 0.6 is 0 Å². The number of amides is 1. The van der Waals surface area contributed by atoms with Crippen LogP contribution in [0.25, 0.3) is 0 Å². The minimum absolute atomic E-state index is 0.0657. The Hall–Kier alpha value is -3.09. The van der Waals surface area contributed by atoms with Crippen LogP contribution in [0.5, 0.6) is 5.75 Å². The highest BCUT2D eigenvalue weighted by atomic mass is 16.6. The van der Waals surface area contributed by atoms with Gasteiger partial charge in [0.25, 0.3) is 5.91 Å². The molecule has 126 valence electrons. The monoisotopic (exact) mass is 329 g/mol. The fourth-order valence-corrected chi connectivity index (χ4v) is 2.22. The Bertz CT molecular complexity index is 746. The minimum Gasteiger partial charge on any atom is -0.487 e. The number of nitro groups is 1. The number of carbonyl (C=O) groups excluding carboxylic acids is 1. The standard InChI is InChI=1S/C17H19N3O4/c1-3-24-16-10-14(7-8-15(16)20(22)23)19-11-12-5-4-6-13(9-12)17(21)18-2/h4-10,19H,3,11H2,1-2H3,(H,18,21). The van der Waals surface area contributed by atoms with Gasteiger partial charge in [0.05, 0.1) is 11.5 Å². The molecule has 0 aliphatic heterocycles. The van der Waals surface area contributed by atoms with Crippen LogP contribution in [0, 0.1) is 10.1 Å². The van der Waals surface area contributed by atoms with Gasteiger partial charge in [0.2, 0.25) is 0 Å². The number of nitrogens with zero attached hydrogens (tertiary/aromatic N) is 1. The lowest BCUT2D eigenvalue weighted by Crippen LogP contribution is -2.17. The highest BCUT2D eigenvalue weighted by molar-refractivity contribution is 5.94. The van der Waals surface area contributed by atoms with Crippen molar-refractivity contribution in [1.29, 1.82) is 0 Å². The third-order valence-corrected chi connectivity index (χ3v) is 3.37. The van der Waals surface area contributed by atoms with Crippen LogP contribution in [-0.4, -0.2) is 24.5 Å². The zero-order valence-corrected chi connectivity index (χ0v) is 13.5. The molecule has 0 bridgehead atoms. The number of hydrogen-bond acceptors (Lipinski definition) is 5. The molecule has 0 saturated carbocycles. The van der Waals surface area contributed by atoms with Crippen molar-refractivity contribution in [3.8, 4) is 5.75 Å². The van der Waals surface area contributed by atoms with Gasteiger partial charge in [0.15, 0.2) is 5.75 Å². The van der Waals surface area contributed by atoms with Gasteiger partial charge in [-0.05, 0) is 30.7 Å². The summed E-state index contributed by atoms with van der Waals surface area (Å²) in [5.74, 6) is 0.0810. The van der Waals surface area contributed by atoms with E-state index in [2.05, 4.69) is 10.6 Å². The van der Waals surface area contributed by atoms with Gasteiger partial charge in [-0.3, -0.25) is 14.9 Å². The molecule has 1 amide bonds. The van der Waals surface area contributed by atoms with Gasteiger partial charge >= 0.3 is 5.69 Å². The van der Waals surface area contributed by atoms with Gasteiger partial charge in [0.1, 0.15) is 0 Å². The van der Waals surface area contributed by atoms with E-state index in [9.17, 15) is 14.9 Å². The van der Waals surface area contributed by atoms with Crippen LogP contribution in [0.3, 0.4) is 0 Å². The molecule has 0 fully saturated rings. The molecular formula is C17H19N3O4. The molecule has 0 atom stereocenters. The van der Waals surface area contributed by atoms with Gasteiger partial charge in [-0.15, -0.1) is 0 Å². The number of carbonyl (C=O) groups is 1. The summed E-state index contributed by atoms with van der Waals surface area (Å²) in [5, 5.41) is 16.7. The van der Waals surface area contributed by atoms with Crippen molar-refractivity contribution in [1.82, 2.24) is 5.32 Å². The third-order valence-electron chi connectivity index (χ3n) is 3.37. The van der Waals surface area contributed by atoms with Crippen molar-refractivity contribution in [3.05, 3.63) is 63.7 Å². The topological polar surface area (TPSA) is 93.5 Å². The molecule has 0 aliphatic rings. The summed E-state index contributed by atoms with van der Waals surface area (Å²) in [4.78, 5) is 22.2. The fourth-order valence-electron chi connectivity index (χ4n) is 2.22. The summed E-state index contributed by atoms with van der Waals surface area (Å²) in [7, 11) is 1.58. The average Bonchev–Trinajstić information content (AvgIpc) is 2.59. The molecule has 0 aromatic heterocycles. The highest BCUT2D eigenvalue weighted by Gasteiger charge is 2.15. The van der Waals surface area contributed by atoms with E-state index in [1.165, 1.54) is 6.07 Å². The maximum atomic E-state index is 11.6. The second-order valence-electron chi connectivity index (χ2n) is 5.01. The first kappa shape index (κ1) is 17.3. The quantitative estimate of drug-likeness (QED) is 0.602. The van der Waals surface area contributed by atoms with Gasteiger partial charge in [0, 0.05) is 37.0 Å². The minimum atomic E-state index is -0.471. The van der Waals surface area contributed by atoms with Crippen molar-refractivity contribution in [2.75, 3.05) is 19.0 Å². The maximum absolute atomic E-state index is 11.6. The van der Waals surface area contributed by atoms with E-state index >= 15 is 0 Å². The first-order valence-electron chi connectivity index (χ1n) is 7.51. The smallest absolute Gasteiger partial charge is 0.311 e. The SMILES string of the molecule is CCOc1cc(NCc2cccc(C(=O)NC)c2)ccc1[N+](=O)[O-]. The summed E-state index contributed by atoms with van der Waals surface area (Å²) < 4.78 is 5.32. The Morgan fingerprint density at radius 3 is 2.71 bits per heavy atom. The molecule has 2 aromatic rings. The van der Waals surface area contributed by atoms with E-state index in [0.717, 1.165) is 5.56 Å². The largest absolute Gasteiger partial charge is 0.487 e. The van der Waals surface area contributed by atoms with Crippen molar-refractivity contribution in [2.45, 2.75) is 13.5 Å². The van der Waals surface area contributed by atoms with E-state index in [0.29, 0.717) is 24.4 Å². The Labute approximate surface area is 139 Å². The number of rotatable bonds is 7. The average molecular weight is 329 g/mol. The summed E-state index contributed by atoms with van der Waals surface area (Å²) in [5.41, 5.74) is 2.14. The van der Waals surface area contributed by atoms with E-state index < -0.39 is 4.92 Å². The molecule has 7 heteroatoms. The van der Waals surface area contributed by atoms with E-state index in [1.807, 2.05) is 12.1 Å². The summed E-state index contributed by atoms with van der Waals surface area (Å²) in [6, 6.07) is 11.9. The summed E-state index contributed by atoms with van der Waals surface area (Å²) in [6.45, 7) is 2.60. The van der Waals surface area contributed by atoms with Crippen LogP contribution in [0.1, 0.15) is 22.8 Å². The van der Waals surface area contributed by atoms with E-state index in [4.69, 9.17) is 4.74 Å². The number of nitro benzene ring substituents is 1. The van der Waals surface area contributed by atoms with E-state index in [-0.39, 0.29) is 17.3 Å². The van der Waals surface area contributed by atoms with Crippen LogP contribution in [0.2, 0.25) is 0 Å². The molecule has 0 aliphatic carbocycles. The highest BCUT2D eigenvalue weighted by Crippen LogP contribution is 2.30. The lowest BCUT2D eigenvalue weighted by atomic mass is 10.1. The van der Waals surface area contributed by atoms with E-state index in [1.54, 1.807) is 38.2 Å². The molecule has 2 aromatic carbocycles. The van der Waals surface area contributed by atoms with Crippen molar-refractivity contribution in [2.24, 2.45) is 0 Å². The molecule has 2 rings (SSSR count). The lowest BCUT2D eigenvalue weighted by molar-refractivity contribution is -0.385. The predicted octanol–water partition coefficient (Wildman–Crippen LogP) is 2.97. The first-order valence-corrected chi connectivity index (χ1v) is 7.51. The molecular weight excluding hydrogens is 310 g/mol. The van der Waals surface area contributed by atoms with Crippen molar-refractivity contribution >= 4 is 17.3 Å². The zero-order valence-electron chi connectivity index (χ0n) is 13.5. The molecule has 0 spiro atoms. The summed E-state index contributed by atoms with van der Waals surface area (Å²) in [6.07, 6.45) is 0. The molecule has 2 N–H and O–H groups in total. The van der Waals surface area contributed by atoms with Crippen LogP contribution in [0.4, 0.5) is 11.4 Å². The Morgan fingerprint density at radius 2 is 2.04 bits per heavy atom. The Morgan fingerprint density at radius 1 is 1.25 bits per heavy atom. The van der Waals surface area contributed by atoms with Crippen LogP contribution in [-0.2, 0) is 6.54 Å². The summed E-state index contributed by atoms with van der Waals surface area (Å²) >= 11 is 0. The van der Waals surface area contributed by atoms with Gasteiger partial charge in [-0.25, -0.2) is 0 Å². The maximum Gasteiger partial charge on any atom is 0.311 e. The van der Waals surface area contributed by atoms with Crippen molar-refractivity contribution < 1.29 is 14.5 Å². The molecule has 0 saturated heterocycles. The second-order valence-corrected chi connectivity index (χ2v) is 5.01. The number of hydrogen-bond donors (Lipinski definition) is 2. The Balaban J connectivity index is 2.13. The zero-order chi connectivity index (χ0) is 17.5. The molecule has 7 nitrogen and oxygen atoms in total. The fraction of sp³-hybridized carbons (Fsp3) is 0.235. The predicted molar refractivity (Wildman–Crippen MR) is 91.4 cm³/mol. The van der Waals surface area contributed by atoms with Crippen LogP contribution in [0.15, 0.2) is 42.5 Å². The third kappa shape index (κ3) is 4.22. The van der Waals surface area contributed by atoms with Crippen molar-refractivity contribution in [3.63, 3.8) is 0 Å². The number of nitrogens with one attached hydrogen (secondary N) is 2. The first-order chi connectivity index (χ1) is 11.5. The number of anilines is 1. The normalized spacial score (nSPS) is 10.1. The van der Waals surface area contributed by atoms with Gasteiger partial charge < -0.3 is 15.4 Å². The lowest BCUT2D eigenvalue weighted by Gasteiger charge is -2.10. The number of benzene rings is 2. The molecule has 24 heavy (non-hydrogen) atoms. The van der Waals surface area contributed by atoms with Crippen LogP contribution < -0.4 is 15.4 Å². The Kier molecular flexibility index (Phi) is 5.73. The molecule has 0 unspecified atom stereocenters.